The van der Waals surface area contributed by atoms with E-state index in [1.165, 1.54) is 10.9 Å². The molecular weight excluding hydrogens is 418 g/mol. The molecule has 176 valence electrons. The number of aromatic nitrogens is 2. The third-order valence-electron chi connectivity index (χ3n) is 5.71. The van der Waals surface area contributed by atoms with Crippen LogP contribution in [0.4, 0.5) is 0 Å². The Labute approximate surface area is 194 Å². The van der Waals surface area contributed by atoms with Gasteiger partial charge in [-0.05, 0) is 49.6 Å². The molecule has 0 saturated heterocycles. The lowest BCUT2D eigenvalue weighted by Gasteiger charge is -2.17. The van der Waals surface area contributed by atoms with Crippen molar-refractivity contribution in [1.82, 2.24) is 14.9 Å². The van der Waals surface area contributed by atoms with Crippen LogP contribution < -0.4 is 20.3 Å². The van der Waals surface area contributed by atoms with Crippen LogP contribution in [0, 0.1) is 6.92 Å². The summed E-state index contributed by atoms with van der Waals surface area (Å²) in [5.41, 5.74) is 2.43. The second kappa shape index (κ2) is 11.5. The van der Waals surface area contributed by atoms with Gasteiger partial charge < -0.3 is 14.8 Å². The van der Waals surface area contributed by atoms with Crippen molar-refractivity contribution in [3.8, 4) is 11.5 Å². The van der Waals surface area contributed by atoms with E-state index < -0.39 is 0 Å². The molecule has 0 radical (unpaired) electrons. The summed E-state index contributed by atoms with van der Waals surface area (Å²) in [6, 6.07) is 11.0. The normalized spacial score (nSPS) is 11.9. The molecule has 0 fully saturated rings. The highest BCUT2D eigenvalue weighted by atomic mass is 16.5. The van der Waals surface area contributed by atoms with Gasteiger partial charge in [-0.15, -0.1) is 0 Å². The van der Waals surface area contributed by atoms with E-state index >= 15 is 0 Å². The number of hydrogen-bond acceptors (Lipinski definition) is 5. The van der Waals surface area contributed by atoms with Crippen molar-refractivity contribution in [2.24, 2.45) is 0 Å². The van der Waals surface area contributed by atoms with E-state index in [0.29, 0.717) is 29.0 Å². The molecule has 33 heavy (non-hydrogen) atoms. The van der Waals surface area contributed by atoms with Gasteiger partial charge in [0.25, 0.3) is 5.56 Å². The lowest BCUT2D eigenvalue weighted by Crippen LogP contribution is -2.29. The number of methoxy groups -OCH3 is 1. The minimum absolute atomic E-state index is 0.135. The molecule has 7 heteroatoms. The second-order valence-electron chi connectivity index (χ2n) is 8.22. The highest BCUT2D eigenvalue weighted by molar-refractivity contribution is 5.80. The van der Waals surface area contributed by atoms with Crippen LogP contribution >= 0.6 is 0 Å². The summed E-state index contributed by atoms with van der Waals surface area (Å²) in [4.78, 5) is 29.7. The maximum Gasteiger partial charge on any atom is 0.261 e. The lowest BCUT2D eigenvalue weighted by molar-refractivity contribution is -0.121. The van der Waals surface area contributed by atoms with E-state index in [1.54, 1.807) is 13.2 Å². The number of hydrogen-bond donors (Lipinski definition) is 1. The summed E-state index contributed by atoms with van der Waals surface area (Å²) in [7, 11) is 1.61. The second-order valence-corrected chi connectivity index (χ2v) is 8.22. The number of ether oxygens (including phenoxy) is 2. The molecule has 0 saturated carbocycles. The number of rotatable bonds is 11. The molecule has 1 heterocycles. The van der Waals surface area contributed by atoms with Crippen molar-refractivity contribution in [2.75, 3.05) is 13.7 Å². The molecule has 0 aliphatic rings. The van der Waals surface area contributed by atoms with Crippen LogP contribution in [-0.2, 0) is 11.3 Å². The standard InChI is InChI=1S/C26H33N3O4/c1-5-6-7-15-33-22-12-11-20(16-23(22)32-4)19(3)28-24(30)13-14-29-17-27-25-18(2)9-8-10-21(25)26(29)31/h8-12,16-17,19H,5-7,13-15H2,1-4H3,(H,28,30). The minimum atomic E-state index is -0.213. The Kier molecular flexibility index (Phi) is 8.46. The van der Waals surface area contributed by atoms with Gasteiger partial charge in [-0.2, -0.15) is 0 Å². The van der Waals surface area contributed by atoms with Gasteiger partial charge in [-0.25, -0.2) is 4.98 Å². The number of fused-ring (bicyclic) bond motifs is 1. The predicted octanol–water partition coefficient (Wildman–Crippen LogP) is 4.55. The Morgan fingerprint density at radius 2 is 2.00 bits per heavy atom. The smallest absolute Gasteiger partial charge is 0.261 e. The summed E-state index contributed by atoms with van der Waals surface area (Å²) < 4.78 is 12.8. The molecule has 3 rings (SSSR count). The maximum absolute atomic E-state index is 12.7. The van der Waals surface area contributed by atoms with Crippen LogP contribution in [0.15, 0.2) is 47.5 Å². The minimum Gasteiger partial charge on any atom is -0.493 e. The monoisotopic (exact) mass is 451 g/mol. The molecule has 0 spiro atoms. The molecule has 3 aromatic rings. The molecule has 1 atom stereocenters. The van der Waals surface area contributed by atoms with Gasteiger partial charge in [0.05, 0.1) is 37.0 Å². The third-order valence-corrected chi connectivity index (χ3v) is 5.71. The molecule has 7 nitrogen and oxygen atoms in total. The Bertz CT molecular complexity index is 1160. The van der Waals surface area contributed by atoms with Gasteiger partial charge in [0, 0.05) is 13.0 Å². The number of nitrogens with zero attached hydrogens (tertiary/aromatic N) is 2. The zero-order chi connectivity index (χ0) is 23.8. The summed E-state index contributed by atoms with van der Waals surface area (Å²) in [5, 5.41) is 3.56. The number of aryl methyl sites for hydroxylation is 2. The summed E-state index contributed by atoms with van der Waals surface area (Å²) in [6.07, 6.45) is 4.97. The van der Waals surface area contributed by atoms with E-state index in [2.05, 4.69) is 17.2 Å². The molecule has 0 bridgehead atoms. The molecular formula is C26H33N3O4. The first-order chi connectivity index (χ1) is 15.9. The molecule has 0 aliphatic heterocycles. The predicted molar refractivity (Wildman–Crippen MR) is 130 cm³/mol. The van der Waals surface area contributed by atoms with Gasteiger partial charge in [-0.1, -0.05) is 38.0 Å². The average molecular weight is 452 g/mol. The number of benzene rings is 2. The zero-order valence-electron chi connectivity index (χ0n) is 19.9. The van der Waals surface area contributed by atoms with Crippen LogP contribution in [0.2, 0.25) is 0 Å². The summed E-state index contributed by atoms with van der Waals surface area (Å²) in [6.45, 7) is 6.92. The number of unbranched alkanes of at least 4 members (excludes halogenated alkanes) is 2. The summed E-state index contributed by atoms with van der Waals surface area (Å²) >= 11 is 0. The molecule has 0 aliphatic carbocycles. The SMILES string of the molecule is CCCCCOc1ccc(C(C)NC(=O)CCn2cnc3c(C)cccc3c2=O)cc1OC. The molecule has 1 unspecified atom stereocenters. The number of carbonyl (C=O) groups is 1. The van der Waals surface area contributed by atoms with E-state index in [9.17, 15) is 9.59 Å². The molecule has 1 N–H and O–H groups in total. The maximum atomic E-state index is 12.7. The fourth-order valence-corrected chi connectivity index (χ4v) is 3.72. The van der Waals surface area contributed by atoms with Crippen LogP contribution in [0.3, 0.4) is 0 Å². The van der Waals surface area contributed by atoms with Crippen molar-refractivity contribution in [3.63, 3.8) is 0 Å². The lowest BCUT2D eigenvalue weighted by atomic mass is 10.1. The van der Waals surface area contributed by atoms with Gasteiger partial charge >= 0.3 is 0 Å². The van der Waals surface area contributed by atoms with Crippen molar-refractivity contribution in [1.29, 1.82) is 0 Å². The summed E-state index contributed by atoms with van der Waals surface area (Å²) in [5.74, 6) is 1.21. The first-order valence-corrected chi connectivity index (χ1v) is 11.5. The first kappa shape index (κ1) is 24.3. The third kappa shape index (κ3) is 6.12. The van der Waals surface area contributed by atoms with Gasteiger partial charge in [0.1, 0.15) is 0 Å². The van der Waals surface area contributed by atoms with Gasteiger partial charge in [0.15, 0.2) is 11.5 Å². The van der Waals surface area contributed by atoms with Crippen LogP contribution in [-0.4, -0.2) is 29.2 Å². The van der Waals surface area contributed by atoms with Crippen LogP contribution in [0.25, 0.3) is 10.9 Å². The number of para-hydroxylation sites is 1. The van der Waals surface area contributed by atoms with Gasteiger partial charge in [0.2, 0.25) is 5.91 Å². The highest BCUT2D eigenvalue weighted by Gasteiger charge is 2.14. The van der Waals surface area contributed by atoms with E-state index in [-0.39, 0.29) is 30.5 Å². The van der Waals surface area contributed by atoms with E-state index in [1.807, 2.05) is 44.2 Å². The van der Waals surface area contributed by atoms with Crippen molar-refractivity contribution in [3.05, 3.63) is 64.2 Å². The average Bonchev–Trinajstić information content (AvgIpc) is 2.82. The van der Waals surface area contributed by atoms with Crippen molar-refractivity contribution >= 4 is 16.8 Å². The number of carbonyl (C=O) groups excluding carboxylic acids is 1. The number of amides is 1. The quantitative estimate of drug-likeness (QED) is 0.433. The largest absolute Gasteiger partial charge is 0.493 e. The van der Waals surface area contributed by atoms with Crippen molar-refractivity contribution < 1.29 is 14.3 Å². The topological polar surface area (TPSA) is 82.5 Å². The molecule has 2 aromatic carbocycles. The van der Waals surface area contributed by atoms with E-state index in [0.717, 1.165) is 30.4 Å². The fraction of sp³-hybridized carbons (Fsp3) is 0.423. The van der Waals surface area contributed by atoms with Crippen LogP contribution in [0.5, 0.6) is 11.5 Å². The van der Waals surface area contributed by atoms with Crippen molar-refractivity contribution in [2.45, 2.75) is 59.0 Å². The zero-order valence-corrected chi connectivity index (χ0v) is 19.9. The van der Waals surface area contributed by atoms with Crippen LogP contribution in [0.1, 0.15) is 56.7 Å². The molecule has 1 amide bonds. The fourth-order valence-electron chi connectivity index (χ4n) is 3.72. The Hall–Kier alpha value is -3.35. The first-order valence-electron chi connectivity index (χ1n) is 11.5. The Morgan fingerprint density at radius 1 is 1.18 bits per heavy atom. The number of nitrogens with one attached hydrogen (secondary N) is 1. The highest BCUT2D eigenvalue weighted by Crippen LogP contribution is 2.30. The van der Waals surface area contributed by atoms with E-state index in [4.69, 9.17) is 9.47 Å². The Balaban J connectivity index is 1.60. The van der Waals surface area contributed by atoms with Gasteiger partial charge in [-0.3, -0.25) is 14.2 Å². The molecule has 1 aromatic heterocycles. The Morgan fingerprint density at radius 3 is 2.76 bits per heavy atom.